The van der Waals surface area contributed by atoms with Gasteiger partial charge in [-0.25, -0.2) is 13.2 Å². The number of piperidine rings is 1. The zero-order valence-electron chi connectivity index (χ0n) is 18.8. The number of aryl methyl sites for hydroxylation is 2. The fraction of sp³-hybridized carbons (Fsp3) is 0.417. The molecule has 0 aliphatic carbocycles. The highest BCUT2D eigenvalue weighted by molar-refractivity contribution is 7.89. The van der Waals surface area contributed by atoms with Crippen LogP contribution in [0.3, 0.4) is 0 Å². The fourth-order valence-corrected chi connectivity index (χ4v) is 5.48. The molecule has 2 aromatic rings. The Bertz CT molecular complexity index is 1090. The Hall–Kier alpha value is -2.71. The number of benzene rings is 2. The summed E-state index contributed by atoms with van der Waals surface area (Å²) in [6.07, 6.45) is 2.59. The van der Waals surface area contributed by atoms with E-state index in [-0.39, 0.29) is 16.4 Å². The first-order valence-corrected chi connectivity index (χ1v) is 12.2. The van der Waals surface area contributed by atoms with E-state index in [0.717, 1.165) is 36.0 Å². The van der Waals surface area contributed by atoms with Gasteiger partial charge in [-0.2, -0.15) is 4.31 Å². The van der Waals surface area contributed by atoms with Crippen molar-refractivity contribution in [1.29, 1.82) is 0 Å². The number of ether oxygens (including phenoxy) is 1. The Balaban J connectivity index is 1.66. The van der Waals surface area contributed by atoms with Crippen LogP contribution in [-0.2, 0) is 26.1 Å². The van der Waals surface area contributed by atoms with Crippen molar-refractivity contribution in [2.24, 2.45) is 0 Å². The Morgan fingerprint density at radius 1 is 1.03 bits per heavy atom. The van der Waals surface area contributed by atoms with Gasteiger partial charge >= 0.3 is 5.97 Å². The van der Waals surface area contributed by atoms with Crippen LogP contribution < -0.4 is 0 Å². The number of carbonyl (C=O) groups excluding carboxylic acids is 2. The van der Waals surface area contributed by atoms with Gasteiger partial charge in [0.15, 0.2) is 6.61 Å². The summed E-state index contributed by atoms with van der Waals surface area (Å²) in [6, 6.07) is 12.0. The third-order valence-electron chi connectivity index (χ3n) is 5.70. The molecule has 0 unspecified atom stereocenters. The number of likely N-dealkylation sites (N-methyl/N-ethyl adjacent to an activating group) is 1. The Morgan fingerprint density at radius 3 is 2.41 bits per heavy atom. The SMILES string of the molecule is Cc1ccc(CN(C)C(=O)COC(=O)c2ccccc2S(=O)(=O)N2CCCCC2)c(C)c1. The lowest BCUT2D eigenvalue weighted by Gasteiger charge is -2.26. The van der Waals surface area contributed by atoms with E-state index in [1.54, 1.807) is 19.2 Å². The lowest BCUT2D eigenvalue weighted by molar-refractivity contribution is -0.133. The van der Waals surface area contributed by atoms with Gasteiger partial charge < -0.3 is 9.64 Å². The van der Waals surface area contributed by atoms with Crippen molar-refractivity contribution < 1.29 is 22.7 Å². The molecule has 1 heterocycles. The number of nitrogens with zero attached hydrogens (tertiary/aromatic N) is 2. The molecule has 172 valence electrons. The number of amides is 1. The summed E-state index contributed by atoms with van der Waals surface area (Å²) < 4.78 is 32.7. The molecule has 3 rings (SSSR count). The number of carbonyl (C=O) groups is 2. The van der Waals surface area contributed by atoms with Gasteiger partial charge in [0.2, 0.25) is 10.0 Å². The molecule has 1 fully saturated rings. The quantitative estimate of drug-likeness (QED) is 0.595. The standard InChI is InChI=1S/C24H30N2O5S/c1-18-11-12-20(19(2)15-18)16-25(3)23(27)17-31-24(28)21-9-5-6-10-22(21)32(29,30)26-13-7-4-8-14-26/h5-6,9-12,15H,4,7-8,13-14,16-17H2,1-3H3. The molecule has 0 saturated carbocycles. The Labute approximate surface area is 190 Å². The molecular weight excluding hydrogens is 428 g/mol. The van der Waals surface area contributed by atoms with Crippen LogP contribution in [0.4, 0.5) is 0 Å². The first-order chi connectivity index (χ1) is 15.2. The topological polar surface area (TPSA) is 84.0 Å². The third-order valence-corrected chi connectivity index (χ3v) is 7.65. The highest BCUT2D eigenvalue weighted by Gasteiger charge is 2.30. The fourth-order valence-electron chi connectivity index (χ4n) is 3.79. The van der Waals surface area contributed by atoms with Crippen molar-refractivity contribution in [1.82, 2.24) is 9.21 Å². The minimum Gasteiger partial charge on any atom is -0.452 e. The minimum atomic E-state index is -3.80. The summed E-state index contributed by atoms with van der Waals surface area (Å²) in [5.41, 5.74) is 3.18. The van der Waals surface area contributed by atoms with Crippen LogP contribution in [-0.4, -0.2) is 56.2 Å². The van der Waals surface area contributed by atoms with Crippen LogP contribution in [0.5, 0.6) is 0 Å². The average molecular weight is 459 g/mol. The van der Waals surface area contributed by atoms with Crippen molar-refractivity contribution in [3.63, 3.8) is 0 Å². The summed E-state index contributed by atoms with van der Waals surface area (Å²) in [4.78, 5) is 26.6. The van der Waals surface area contributed by atoms with Crippen LogP contribution in [0, 0.1) is 13.8 Å². The molecule has 1 saturated heterocycles. The molecule has 7 nitrogen and oxygen atoms in total. The van der Waals surface area contributed by atoms with E-state index >= 15 is 0 Å². The van der Waals surface area contributed by atoms with Gasteiger partial charge in [0.25, 0.3) is 5.91 Å². The lowest BCUT2D eigenvalue weighted by Crippen LogP contribution is -2.36. The van der Waals surface area contributed by atoms with Crippen molar-refractivity contribution in [3.8, 4) is 0 Å². The Kier molecular flexibility index (Phi) is 7.69. The summed E-state index contributed by atoms with van der Waals surface area (Å²) >= 11 is 0. The Morgan fingerprint density at radius 2 is 1.72 bits per heavy atom. The first-order valence-electron chi connectivity index (χ1n) is 10.8. The molecule has 8 heteroatoms. The molecule has 1 aliphatic heterocycles. The molecule has 1 aliphatic rings. The normalized spacial score (nSPS) is 14.7. The predicted molar refractivity (Wildman–Crippen MR) is 122 cm³/mol. The second-order valence-electron chi connectivity index (χ2n) is 8.22. The van der Waals surface area contributed by atoms with Crippen molar-refractivity contribution >= 4 is 21.9 Å². The summed E-state index contributed by atoms with van der Waals surface area (Å²) in [7, 11) is -2.16. The monoisotopic (exact) mass is 458 g/mol. The van der Waals surface area contributed by atoms with Gasteiger partial charge in [-0.05, 0) is 49.9 Å². The highest BCUT2D eigenvalue weighted by Crippen LogP contribution is 2.24. The van der Waals surface area contributed by atoms with Gasteiger partial charge in [-0.1, -0.05) is 42.3 Å². The molecular formula is C24H30N2O5S. The van der Waals surface area contributed by atoms with E-state index in [9.17, 15) is 18.0 Å². The molecule has 0 spiro atoms. The van der Waals surface area contributed by atoms with Crippen LogP contribution in [0.25, 0.3) is 0 Å². The number of rotatable bonds is 7. The van der Waals surface area contributed by atoms with E-state index in [1.165, 1.54) is 21.3 Å². The van der Waals surface area contributed by atoms with Crippen LogP contribution in [0.15, 0.2) is 47.4 Å². The second kappa shape index (κ2) is 10.3. The van der Waals surface area contributed by atoms with E-state index in [4.69, 9.17) is 4.74 Å². The van der Waals surface area contributed by atoms with Crippen LogP contribution in [0.2, 0.25) is 0 Å². The van der Waals surface area contributed by atoms with E-state index in [2.05, 4.69) is 0 Å². The molecule has 32 heavy (non-hydrogen) atoms. The van der Waals surface area contributed by atoms with E-state index in [1.807, 2.05) is 32.0 Å². The predicted octanol–water partition coefficient (Wildman–Crippen LogP) is 3.29. The number of hydrogen-bond donors (Lipinski definition) is 0. The number of hydrogen-bond acceptors (Lipinski definition) is 5. The van der Waals surface area contributed by atoms with Crippen LogP contribution in [0.1, 0.15) is 46.3 Å². The van der Waals surface area contributed by atoms with Gasteiger partial charge in [0.05, 0.1) is 10.5 Å². The smallest absolute Gasteiger partial charge is 0.340 e. The molecule has 0 atom stereocenters. The largest absolute Gasteiger partial charge is 0.452 e. The zero-order chi connectivity index (χ0) is 23.3. The minimum absolute atomic E-state index is 0.0529. The number of sulfonamides is 1. The second-order valence-corrected chi connectivity index (χ2v) is 10.1. The maximum absolute atomic E-state index is 13.1. The van der Waals surface area contributed by atoms with Crippen molar-refractivity contribution in [2.45, 2.75) is 44.6 Å². The molecule has 0 radical (unpaired) electrons. The summed E-state index contributed by atoms with van der Waals surface area (Å²) in [5.74, 6) is -1.19. The van der Waals surface area contributed by atoms with Gasteiger partial charge in [-0.3, -0.25) is 4.79 Å². The lowest BCUT2D eigenvalue weighted by atomic mass is 10.1. The van der Waals surface area contributed by atoms with Crippen molar-refractivity contribution in [2.75, 3.05) is 26.7 Å². The molecule has 0 aromatic heterocycles. The number of esters is 1. The van der Waals surface area contributed by atoms with Crippen molar-refractivity contribution in [3.05, 3.63) is 64.7 Å². The molecule has 2 aromatic carbocycles. The molecule has 1 amide bonds. The highest BCUT2D eigenvalue weighted by atomic mass is 32.2. The summed E-state index contributed by atoms with van der Waals surface area (Å²) in [5, 5.41) is 0. The maximum Gasteiger partial charge on any atom is 0.340 e. The van der Waals surface area contributed by atoms with Gasteiger partial charge in [-0.15, -0.1) is 0 Å². The molecule has 0 bridgehead atoms. The van der Waals surface area contributed by atoms with Crippen LogP contribution >= 0.6 is 0 Å². The maximum atomic E-state index is 13.1. The van der Waals surface area contributed by atoms with E-state index in [0.29, 0.717) is 19.6 Å². The van der Waals surface area contributed by atoms with Gasteiger partial charge in [0, 0.05) is 26.7 Å². The third kappa shape index (κ3) is 5.55. The first kappa shape index (κ1) is 23.9. The van der Waals surface area contributed by atoms with E-state index < -0.39 is 22.6 Å². The molecule has 0 N–H and O–H groups in total. The average Bonchev–Trinajstić information content (AvgIpc) is 2.79. The summed E-state index contributed by atoms with van der Waals surface area (Å²) in [6.45, 7) is 4.80. The van der Waals surface area contributed by atoms with Gasteiger partial charge in [0.1, 0.15) is 0 Å². The zero-order valence-corrected chi connectivity index (χ0v) is 19.7.